The molecule has 0 bridgehead atoms. The standard InChI is InChI=1S/C24H19N3S/c1-16-10-11-20(17(2)12-16)23-15-28-24(27-23)19(13-25)14-26-22-9-5-7-18-6-3-4-8-21(18)22/h3-12,14-15,26H,1-2H3/b19-14+. The van der Waals surface area contributed by atoms with E-state index in [1.54, 1.807) is 6.20 Å². The first-order chi connectivity index (χ1) is 13.7. The zero-order chi connectivity index (χ0) is 19.5. The van der Waals surface area contributed by atoms with Crippen molar-refractivity contribution in [1.82, 2.24) is 4.98 Å². The van der Waals surface area contributed by atoms with Crippen LogP contribution in [0.3, 0.4) is 0 Å². The third-order valence-corrected chi connectivity index (χ3v) is 5.55. The Morgan fingerprint density at radius 1 is 1.07 bits per heavy atom. The fourth-order valence-corrected chi connectivity index (χ4v) is 4.05. The van der Waals surface area contributed by atoms with E-state index in [2.05, 4.69) is 61.6 Å². The lowest BCUT2D eigenvalue weighted by atomic mass is 10.0. The van der Waals surface area contributed by atoms with Gasteiger partial charge in [-0.3, -0.25) is 0 Å². The fourth-order valence-electron chi connectivity index (χ4n) is 3.27. The lowest BCUT2D eigenvalue weighted by Gasteiger charge is -2.06. The van der Waals surface area contributed by atoms with Crippen LogP contribution in [0.4, 0.5) is 5.69 Å². The van der Waals surface area contributed by atoms with Gasteiger partial charge in [0.15, 0.2) is 0 Å². The van der Waals surface area contributed by atoms with Gasteiger partial charge in [-0.2, -0.15) is 5.26 Å². The van der Waals surface area contributed by atoms with E-state index in [4.69, 9.17) is 4.98 Å². The summed E-state index contributed by atoms with van der Waals surface area (Å²) >= 11 is 1.49. The second-order valence-electron chi connectivity index (χ2n) is 6.70. The number of nitrogens with one attached hydrogen (secondary N) is 1. The second-order valence-corrected chi connectivity index (χ2v) is 7.56. The molecule has 0 radical (unpaired) electrons. The Labute approximate surface area is 168 Å². The molecule has 1 N–H and O–H groups in total. The summed E-state index contributed by atoms with van der Waals surface area (Å²) in [5.41, 5.74) is 5.92. The van der Waals surface area contributed by atoms with E-state index in [1.165, 1.54) is 22.5 Å². The third kappa shape index (κ3) is 3.53. The fraction of sp³-hybridized carbons (Fsp3) is 0.0833. The summed E-state index contributed by atoms with van der Waals surface area (Å²) in [5, 5.41) is 17.9. The highest BCUT2D eigenvalue weighted by Crippen LogP contribution is 2.29. The number of benzene rings is 3. The monoisotopic (exact) mass is 381 g/mol. The zero-order valence-corrected chi connectivity index (χ0v) is 16.5. The van der Waals surface area contributed by atoms with Gasteiger partial charge in [0, 0.05) is 28.2 Å². The zero-order valence-electron chi connectivity index (χ0n) is 15.7. The van der Waals surface area contributed by atoms with E-state index < -0.39 is 0 Å². The molecule has 4 aromatic rings. The summed E-state index contributed by atoms with van der Waals surface area (Å²) in [4.78, 5) is 4.70. The quantitative estimate of drug-likeness (QED) is 0.407. The van der Waals surface area contributed by atoms with E-state index in [0.29, 0.717) is 10.6 Å². The van der Waals surface area contributed by atoms with Crippen molar-refractivity contribution in [2.45, 2.75) is 13.8 Å². The Balaban J connectivity index is 1.64. The van der Waals surface area contributed by atoms with Crippen LogP contribution < -0.4 is 5.32 Å². The summed E-state index contributed by atoms with van der Waals surface area (Å²) in [6.07, 6.45) is 1.74. The molecule has 0 saturated carbocycles. The SMILES string of the molecule is Cc1ccc(-c2csc(/C(C#N)=C/Nc3cccc4ccccc34)n2)c(C)c1. The normalized spacial score (nSPS) is 11.4. The van der Waals surface area contributed by atoms with Gasteiger partial charge in [-0.25, -0.2) is 4.98 Å². The summed E-state index contributed by atoms with van der Waals surface area (Å²) < 4.78 is 0. The molecule has 1 aromatic heterocycles. The largest absolute Gasteiger partial charge is 0.360 e. The van der Waals surface area contributed by atoms with Crippen molar-refractivity contribution in [1.29, 1.82) is 5.26 Å². The van der Waals surface area contributed by atoms with E-state index in [9.17, 15) is 5.26 Å². The number of rotatable bonds is 4. The molecule has 4 rings (SSSR count). The predicted molar refractivity (Wildman–Crippen MR) is 118 cm³/mol. The van der Waals surface area contributed by atoms with Gasteiger partial charge in [-0.05, 0) is 30.9 Å². The molecule has 0 unspecified atom stereocenters. The van der Waals surface area contributed by atoms with Crippen molar-refractivity contribution in [3.63, 3.8) is 0 Å². The van der Waals surface area contributed by atoms with E-state index >= 15 is 0 Å². The molecule has 1 heterocycles. The van der Waals surface area contributed by atoms with Crippen LogP contribution in [-0.4, -0.2) is 4.98 Å². The molecular formula is C24H19N3S. The lowest BCUT2D eigenvalue weighted by molar-refractivity contribution is 1.32. The molecule has 0 fully saturated rings. The average Bonchev–Trinajstić information content (AvgIpc) is 3.18. The van der Waals surface area contributed by atoms with Crippen molar-refractivity contribution in [2.24, 2.45) is 0 Å². The molecule has 4 heteroatoms. The first-order valence-corrected chi connectivity index (χ1v) is 9.92. The molecule has 3 nitrogen and oxygen atoms in total. The molecule has 0 amide bonds. The number of aryl methyl sites for hydroxylation is 2. The Kier molecular flexibility index (Phi) is 4.92. The number of nitrogens with zero attached hydrogens (tertiary/aromatic N) is 2. The minimum atomic E-state index is 0.522. The minimum absolute atomic E-state index is 0.522. The molecular weight excluding hydrogens is 362 g/mol. The number of hydrogen-bond donors (Lipinski definition) is 1. The number of aromatic nitrogens is 1. The van der Waals surface area contributed by atoms with E-state index in [1.807, 2.05) is 29.6 Å². The van der Waals surface area contributed by atoms with Crippen molar-refractivity contribution in [2.75, 3.05) is 5.32 Å². The molecule has 0 spiro atoms. The summed E-state index contributed by atoms with van der Waals surface area (Å²) in [5.74, 6) is 0. The van der Waals surface area contributed by atoms with Gasteiger partial charge >= 0.3 is 0 Å². The van der Waals surface area contributed by atoms with Gasteiger partial charge in [0.1, 0.15) is 16.6 Å². The van der Waals surface area contributed by atoms with Gasteiger partial charge in [-0.15, -0.1) is 11.3 Å². The van der Waals surface area contributed by atoms with Crippen LogP contribution in [0, 0.1) is 25.2 Å². The number of anilines is 1. The van der Waals surface area contributed by atoms with Crippen molar-refractivity contribution < 1.29 is 0 Å². The van der Waals surface area contributed by atoms with Crippen LogP contribution in [0.5, 0.6) is 0 Å². The third-order valence-electron chi connectivity index (χ3n) is 4.67. The van der Waals surface area contributed by atoms with Gasteiger partial charge < -0.3 is 5.32 Å². The maximum atomic E-state index is 9.65. The predicted octanol–water partition coefficient (Wildman–Crippen LogP) is 6.56. The van der Waals surface area contributed by atoms with Crippen molar-refractivity contribution in [3.05, 3.63) is 88.4 Å². The molecule has 28 heavy (non-hydrogen) atoms. The summed E-state index contributed by atoms with van der Waals surface area (Å²) in [6, 6.07) is 22.9. The first kappa shape index (κ1) is 18.0. The lowest BCUT2D eigenvalue weighted by Crippen LogP contribution is -1.92. The topological polar surface area (TPSA) is 48.7 Å². The smallest absolute Gasteiger partial charge is 0.136 e. The van der Waals surface area contributed by atoms with Gasteiger partial charge in [0.05, 0.1) is 5.69 Å². The Morgan fingerprint density at radius 2 is 1.89 bits per heavy atom. The Morgan fingerprint density at radius 3 is 2.71 bits per heavy atom. The van der Waals surface area contributed by atoms with Gasteiger partial charge in [-0.1, -0.05) is 60.2 Å². The molecule has 136 valence electrons. The van der Waals surface area contributed by atoms with Crippen LogP contribution in [0.1, 0.15) is 16.1 Å². The number of allylic oxidation sites excluding steroid dienone is 1. The van der Waals surface area contributed by atoms with E-state index in [0.717, 1.165) is 27.7 Å². The van der Waals surface area contributed by atoms with Gasteiger partial charge in [0.2, 0.25) is 0 Å². The number of hydrogen-bond acceptors (Lipinski definition) is 4. The van der Waals surface area contributed by atoms with E-state index in [-0.39, 0.29) is 0 Å². The van der Waals surface area contributed by atoms with Crippen LogP contribution >= 0.6 is 11.3 Å². The first-order valence-electron chi connectivity index (χ1n) is 9.04. The highest BCUT2D eigenvalue weighted by Gasteiger charge is 2.11. The van der Waals surface area contributed by atoms with Crippen LogP contribution in [0.2, 0.25) is 0 Å². The van der Waals surface area contributed by atoms with Crippen LogP contribution in [-0.2, 0) is 0 Å². The molecule has 0 aliphatic heterocycles. The minimum Gasteiger partial charge on any atom is -0.360 e. The second kappa shape index (κ2) is 7.67. The Bertz CT molecular complexity index is 1220. The molecule has 0 aliphatic rings. The highest BCUT2D eigenvalue weighted by molar-refractivity contribution is 7.11. The highest BCUT2D eigenvalue weighted by atomic mass is 32.1. The molecule has 3 aromatic carbocycles. The van der Waals surface area contributed by atoms with Crippen molar-refractivity contribution >= 4 is 33.4 Å². The summed E-state index contributed by atoms with van der Waals surface area (Å²) in [7, 11) is 0. The average molecular weight is 382 g/mol. The number of fused-ring (bicyclic) bond motifs is 1. The number of nitriles is 1. The molecule has 0 saturated heterocycles. The van der Waals surface area contributed by atoms with Crippen LogP contribution in [0.25, 0.3) is 27.6 Å². The maximum Gasteiger partial charge on any atom is 0.136 e. The summed E-state index contributed by atoms with van der Waals surface area (Å²) in [6.45, 7) is 4.17. The maximum absolute atomic E-state index is 9.65. The molecule has 0 atom stereocenters. The van der Waals surface area contributed by atoms with Crippen molar-refractivity contribution in [3.8, 4) is 17.3 Å². The number of thiazole rings is 1. The van der Waals surface area contributed by atoms with Crippen LogP contribution in [0.15, 0.2) is 72.2 Å². The van der Waals surface area contributed by atoms with Gasteiger partial charge in [0.25, 0.3) is 0 Å². The Hall–Kier alpha value is -3.42. The molecule has 0 aliphatic carbocycles.